The van der Waals surface area contributed by atoms with Gasteiger partial charge in [-0.1, -0.05) is 24.3 Å². The van der Waals surface area contributed by atoms with Crippen molar-refractivity contribution in [2.75, 3.05) is 12.4 Å². The minimum Gasteiger partial charge on any atom is -0.497 e. The first-order valence-electron chi connectivity index (χ1n) is 7.33. The molecule has 0 spiro atoms. The summed E-state index contributed by atoms with van der Waals surface area (Å²) in [6.45, 7) is 0. The van der Waals surface area contributed by atoms with E-state index in [1.165, 1.54) is 16.8 Å². The molecule has 0 aliphatic heterocycles. The number of hydrogen-bond donors (Lipinski definition) is 1. The lowest BCUT2D eigenvalue weighted by Crippen LogP contribution is -2.16. The second-order valence-electron chi connectivity index (χ2n) is 5.20. The van der Waals surface area contributed by atoms with Crippen LogP contribution >= 0.6 is 0 Å². The Morgan fingerprint density at radius 2 is 1.96 bits per heavy atom. The van der Waals surface area contributed by atoms with Gasteiger partial charge < -0.3 is 10.1 Å². The van der Waals surface area contributed by atoms with Gasteiger partial charge >= 0.3 is 0 Å². The van der Waals surface area contributed by atoms with E-state index in [1.807, 2.05) is 24.3 Å². The summed E-state index contributed by atoms with van der Waals surface area (Å²) in [4.78, 5) is 12.4. The summed E-state index contributed by atoms with van der Waals surface area (Å²) >= 11 is 0. The van der Waals surface area contributed by atoms with Crippen LogP contribution in [-0.4, -0.2) is 22.8 Å². The molecule has 0 unspecified atom stereocenters. The molecule has 0 bridgehead atoms. The van der Waals surface area contributed by atoms with E-state index in [1.54, 1.807) is 32.4 Å². The van der Waals surface area contributed by atoms with Crippen LogP contribution < -0.4 is 10.1 Å². The molecule has 3 aromatic rings. The molecule has 0 fully saturated rings. The quantitative estimate of drug-likeness (QED) is 0.799. The fourth-order valence-corrected chi connectivity index (χ4v) is 2.35. The molecule has 24 heavy (non-hydrogen) atoms. The van der Waals surface area contributed by atoms with E-state index in [0.717, 1.165) is 5.56 Å². The highest BCUT2D eigenvalue weighted by Crippen LogP contribution is 2.24. The average molecular weight is 325 g/mol. The van der Waals surface area contributed by atoms with Crippen LogP contribution in [0.5, 0.6) is 5.75 Å². The molecule has 0 radical (unpaired) electrons. The molecule has 0 saturated carbocycles. The van der Waals surface area contributed by atoms with Crippen LogP contribution in [0.25, 0.3) is 11.3 Å². The minimum absolute atomic E-state index is 0.131. The number of halogens is 1. The molecular formula is C18H16FN3O2. The highest BCUT2D eigenvalue weighted by atomic mass is 19.1. The standard InChI is InChI=1S/C18H16FN3O2/c1-22-17(18(23)20-15-9-4-3-8-14(15)19)11-16(21-22)12-6-5-7-13(10-12)24-2/h3-11H,1-2H3,(H,20,23). The summed E-state index contributed by atoms with van der Waals surface area (Å²) in [5.74, 6) is -0.208. The minimum atomic E-state index is -0.485. The van der Waals surface area contributed by atoms with Gasteiger partial charge in [0.15, 0.2) is 0 Å². The predicted octanol–water partition coefficient (Wildman–Crippen LogP) is 3.49. The molecule has 6 heteroatoms. The molecule has 1 heterocycles. The molecule has 0 saturated heterocycles. The molecular weight excluding hydrogens is 309 g/mol. The number of nitrogens with zero attached hydrogens (tertiary/aromatic N) is 2. The van der Waals surface area contributed by atoms with Crippen molar-refractivity contribution >= 4 is 11.6 Å². The first-order chi connectivity index (χ1) is 11.6. The van der Waals surface area contributed by atoms with Gasteiger partial charge in [0.25, 0.3) is 5.91 Å². The van der Waals surface area contributed by atoms with Gasteiger partial charge in [0, 0.05) is 12.6 Å². The van der Waals surface area contributed by atoms with E-state index in [-0.39, 0.29) is 5.69 Å². The van der Waals surface area contributed by atoms with Crippen LogP contribution in [0.3, 0.4) is 0 Å². The van der Waals surface area contributed by atoms with Gasteiger partial charge in [-0.15, -0.1) is 0 Å². The van der Waals surface area contributed by atoms with Crippen LogP contribution in [0.1, 0.15) is 10.5 Å². The first-order valence-corrected chi connectivity index (χ1v) is 7.33. The highest BCUT2D eigenvalue weighted by Gasteiger charge is 2.16. The van der Waals surface area contributed by atoms with Crippen molar-refractivity contribution in [3.8, 4) is 17.0 Å². The Hall–Kier alpha value is -3.15. The molecule has 5 nitrogen and oxygen atoms in total. The van der Waals surface area contributed by atoms with Crippen LogP contribution in [0.4, 0.5) is 10.1 Å². The number of carbonyl (C=O) groups is 1. The molecule has 0 atom stereocenters. The monoisotopic (exact) mass is 325 g/mol. The molecule has 1 N–H and O–H groups in total. The first kappa shape index (κ1) is 15.7. The van der Waals surface area contributed by atoms with E-state index >= 15 is 0 Å². The van der Waals surface area contributed by atoms with Crippen molar-refractivity contribution in [1.29, 1.82) is 0 Å². The van der Waals surface area contributed by atoms with E-state index in [2.05, 4.69) is 10.4 Å². The van der Waals surface area contributed by atoms with Gasteiger partial charge in [-0.05, 0) is 30.3 Å². The zero-order valence-corrected chi connectivity index (χ0v) is 13.3. The summed E-state index contributed by atoms with van der Waals surface area (Å²) in [6.07, 6.45) is 0. The summed E-state index contributed by atoms with van der Waals surface area (Å²) in [7, 11) is 3.25. The largest absolute Gasteiger partial charge is 0.497 e. The molecule has 0 aliphatic rings. The summed E-state index contributed by atoms with van der Waals surface area (Å²) in [5.41, 5.74) is 1.92. The molecule has 122 valence electrons. The summed E-state index contributed by atoms with van der Waals surface area (Å²) in [5, 5.41) is 6.90. The molecule has 1 aromatic heterocycles. The Labute approximate surface area is 138 Å². The maximum Gasteiger partial charge on any atom is 0.274 e. The Kier molecular flexibility index (Phi) is 4.29. The van der Waals surface area contributed by atoms with E-state index < -0.39 is 11.7 Å². The number of amides is 1. The van der Waals surface area contributed by atoms with Gasteiger partial charge in [-0.3, -0.25) is 9.48 Å². The Bertz CT molecular complexity index is 889. The molecule has 3 rings (SSSR count). The third-order valence-corrected chi connectivity index (χ3v) is 3.60. The van der Waals surface area contributed by atoms with Gasteiger partial charge in [0.05, 0.1) is 18.5 Å². The van der Waals surface area contributed by atoms with Gasteiger partial charge in [-0.2, -0.15) is 5.10 Å². The fraction of sp³-hybridized carbons (Fsp3) is 0.111. The van der Waals surface area contributed by atoms with Gasteiger partial charge in [-0.25, -0.2) is 4.39 Å². The Morgan fingerprint density at radius 1 is 1.17 bits per heavy atom. The second-order valence-corrected chi connectivity index (χ2v) is 5.20. The second kappa shape index (κ2) is 6.54. The number of carbonyl (C=O) groups excluding carboxylic acids is 1. The van der Waals surface area contributed by atoms with Crippen molar-refractivity contribution < 1.29 is 13.9 Å². The number of aromatic nitrogens is 2. The predicted molar refractivity (Wildman–Crippen MR) is 89.5 cm³/mol. The summed E-state index contributed by atoms with van der Waals surface area (Å²) in [6, 6.07) is 15.1. The number of anilines is 1. The molecule has 2 aromatic carbocycles. The van der Waals surface area contributed by atoms with Crippen LogP contribution in [-0.2, 0) is 7.05 Å². The van der Waals surface area contributed by atoms with Gasteiger partial charge in [0.2, 0.25) is 0 Å². The smallest absolute Gasteiger partial charge is 0.274 e. The lowest BCUT2D eigenvalue weighted by Gasteiger charge is -2.05. The normalized spacial score (nSPS) is 10.5. The van der Waals surface area contributed by atoms with Gasteiger partial charge in [0.1, 0.15) is 17.3 Å². The van der Waals surface area contributed by atoms with Crippen molar-refractivity contribution in [2.45, 2.75) is 0 Å². The molecule has 0 aliphatic carbocycles. The van der Waals surface area contributed by atoms with Crippen molar-refractivity contribution in [2.24, 2.45) is 7.05 Å². The lowest BCUT2D eigenvalue weighted by molar-refractivity contribution is 0.101. The number of para-hydroxylation sites is 1. The maximum absolute atomic E-state index is 13.7. The number of ether oxygens (including phenoxy) is 1. The van der Waals surface area contributed by atoms with E-state index in [9.17, 15) is 9.18 Å². The topological polar surface area (TPSA) is 56.1 Å². The Morgan fingerprint density at radius 3 is 2.71 bits per heavy atom. The van der Waals surface area contributed by atoms with Crippen LogP contribution in [0, 0.1) is 5.82 Å². The van der Waals surface area contributed by atoms with E-state index in [0.29, 0.717) is 17.1 Å². The number of hydrogen-bond acceptors (Lipinski definition) is 3. The Balaban J connectivity index is 1.88. The lowest BCUT2D eigenvalue weighted by atomic mass is 10.1. The number of methoxy groups -OCH3 is 1. The van der Waals surface area contributed by atoms with Crippen molar-refractivity contribution in [3.63, 3.8) is 0 Å². The third kappa shape index (κ3) is 3.12. The SMILES string of the molecule is COc1cccc(-c2cc(C(=O)Nc3ccccc3F)n(C)n2)c1. The molecule has 1 amide bonds. The number of rotatable bonds is 4. The van der Waals surface area contributed by atoms with Crippen LogP contribution in [0.15, 0.2) is 54.6 Å². The van der Waals surface area contributed by atoms with Crippen LogP contribution in [0.2, 0.25) is 0 Å². The number of nitrogens with one attached hydrogen (secondary N) is 1. The fourth-order valence-electron chi connectivity index (χ4n) is 2.35. The summed E-state index contributed by atoms with van der Waals surface area (Å²) < 4.78 is 20.3. The highest BCUT2D eigenvalue weighted by molar-refractivity contribution is 6.03. The zero-order chi connectivity index (χ0) is 17.1. The average Bonchev–Trinajstić information content (AvgIpc) is 2.99. The van der Waals surface area contributed by atoms with Crippen molar-refractivity contribution in [1.82, 2.24) is 9.78 Å². The van der Waals surface area contributed by atoms with Crippen molar-refractivity contribution in [3.05, 3.63) is 66.1 Å². The van der Waals surface area contributed by atoms with E-state index in [4.69, 9.17) is 4.74 Å². The maximum atomic E-state index is 13.7. The number of aryl methyl sites for hydroxylation is 1. The third-order valence-electron chi connectivity index (χ3n) is 3.60. The zero-order valence-electron chi connectivity index (χ0n) is 13.3. The number of benzene rings is 2.